The molecule has 5 aliphatic carbocycles. The molecule has 6 rings (SSSR count). The Labute approximate surface area is 196 Å². The van der Waals surface area contributed by atoms with E-state index in [-0.39, 0.29) is 22.4 Å². The second-order valence-corrected chi connectivity index (χ2v) is 12.0. The first-order chi connectivity index (χ1) is 15.7. The number of fused-ring (bicyclic) bond motifs is 4. The summed E-state index contributed by atoms with van der Waals surface area (Å²) in [4.78, 5) is 24.7. The summed E-state index contributed by atoms with van der Waals surface area (Å²) in [5.41, 5.74) is 3.89. The van der Waals surface area contributed by atoms with Gasteiger partial charge in [0.05, 0.1) is 12.2 Å². The quantitative estimate of drug-likeness (QED) is 0.659. The number of carbonyl (C=O) groups is 2. The fraction of sp³-hybridized carbons (Fsp3) is 0.655. The maximum atomic E-state index is 12.4. The molecule has 1 aromatic carbocycles. The Morgan fingerprint density at radius 2 is 2.03 bits per heavy atom. The third kappa shape index (κ3) is 2.77. The molecule has 1 N–H and O–H groups in total. The van der Waals surface area contributed by atoms with Crippen LogP contribution in [0.5, 0.6) is 0 Å². The lowest BCUT2D eigenvalue weighted by Crippen LogP contribution is -2.60. The molecule has 176 valence electrons. The van der Waals surface area contributed by atoms with E-state index in [1.165, 1.54) is 16.7 Å². The molecule has 1 spiro atoms. The molecule has 0 aliphatic heterocycles. The van der Waals surface area contributed by atoms with Crippen molar-refractivity contribution < 1.29 is 19.4 Å². The summed E-state index contributed by atoms with van der Waals surface area (Å²) >= 11 is 0. The number of allylic oxidation sites excluding steroid dienone is 1. The predicted octanol–water partition coefficient (Wildman–Crippen LogP) is 5.03. The molecule has 0 aromatic heterocycles. The normalized spacial score (nSPS) is 43.2. The van der Waals surface area contributed by atoms with Gasteiger partial charge in [-0.25, -0.2) is 0 Å². The summed E-state index contributed by atoms with van der Waals surface area (Å²) in [6, 6.07) is 6.34. The van der Waals surface area contributed by atoms with E-state index in [2.05, 4.69) is 19.1 Å². The fourth-order valence-corrected chi connectivity index (χ4v) is 9.40. The minimum Gasteiger partial charge on any atom is -0.387 e. The summed E-state index contributed by atoms with van der Waals surface area (Å²) in [5, 5.41) is 11.8. The topological polar surface area (TPSA) is 63.6 Å². The molecule has 0 heterocycles. The summed E-state index contributed by atoms with van der Waals surface area (Å²) in [6.07, 6.45) is 9.45. The van der Waals surface area contributed by atoms with Crippen molar-refractivity contribution in [2.24, 2.45) is 28.6 Å². The Balaban J connectivity index is 1.54. The number of ketones is 2. The molecule has 5 aliphatic rings. The van der Waals surface area contributed by atoms with Gasteiger partial charge in [-0.05, 0) is 104 Å². The Morgan fingerprint density at radius 1 is 1.21 bits per heavy atom. The number of carbonyl (C=O) groups excluding carboxylic acids is 2. The van der Waals surface area contributed by atoms with Gasteiger partial charge in [0.2, 0.25) is 0 Å². The van der Waals surface area contributed by atoms with E-state index in [4.69, 9.17) is 4.74 Å². The molecule has 4 nitrogen and oxygen atoms in total. The SMILES string of the molecule is COC[C@]1(O)CC[C@H]2[C@@H]3CCC4=CC(=O)CC[C@@]45Cc4cc(C(C)=O)ccc4C(C[C@@]21C)C35. The molecular weight excluding hydrogens is 412 g/mol. The largest absolute Gasteiger partial charge is 0.387 e. The number of hydrogen-bond acceptors (Lipinski definition) is 4. The Bertz CT molecular complexity index is 1070. The summed E-state index contributed by atoms with van der Waals surface area (Å²) in [6.45, 7) is 4.36. The van der Waals surface area contributed by atoms with Crippen LogP contribution in [0.15, 0.2) is 29.8 Å². The van der Waals surface area contributed by atoms with Crippen molar-refractivity contribution in [1.82, 2.24) is 0 Å². The van der Waals surface area contributed by atoms with E-state index in [0.717, 1.165) is 50.5 Å². The van der Waals surface area contributed by atoms with Crippen LogP contribution >= 0.6 is 0 Å². The van der Waals surface area contributed by atoms with Crippen LogP contribution in [0.4, 0.5) is 0 Å². The summed E-state index contributed by atoms with van der Waals surface area (Å²) < 4.78 is 5.56. The highest BCUT2D eigenvalue weighted by atomic mass is 16.5. The zero-order valence-electron chi connectivity index (χ0n) is 20.2. The molecule has 3 fully saturated rings. The zero-order valence-corrected chi connectivity index (χ0v) is 20.2. The molecule has 0 saturated heterocycles. The van der Waals surface area contributed by atoms with Crippen LogP contribution in [0.1, 0.15) is 86.2 Å². The van der Waals surface area contributed by atoms with Gasteiger partial charge < -0.3 is 9.84 Å². The number of ether oxygens (including phenoxy) is 1. The van der Waals surface area contributed by atoms with Crippen LogP contribution in [0.3, 0.4) is 0 Å². The zero-order chi connectivity index (χ0) is 23.2. The molecule has 4 heteroatoms. The second kappa shape index (κ2) is 7.11. The van der Waals surface area contributed by atoms with Gasteiger partial charge in [0.1, 0.15) is 0 Å². The predicted molar refractivity (Wildman–Crippen MR) is 126 cm³/mol. The van der Waals surface area contributed by atoms with E-state index >= 15 is 0 Å². The van der Waals surface area contributed by atoms with E-state index in [1.54, 1.807) is 14.0 Å². The van der Waals surface area contributed by atoms with Crippen LogP contribution < -0.4 is 0 Å². The van der Waals surface area contributed by atoms with Crippen molar-refractivity contribution in [3.8, 4) is 0 Å². The third-order valence-electron chi connectivity index (χ3n) is 10.8. The van der Waals surface area contributed by atoms with Crippen molar-refractivity contribution in [3.63, 3.8) is 0 Å². The average molecular weight is 449 g/mol. The number of benzene rings is 1. The molecule has 0 radical (unpaired) electrons. The Morgan fingerprint density at radius 3 is 2.79 bits per heavy atom. The van der Waals surface area contributed by atoms with Gasteiger partial charge in [-0.15, -0.1) is 0 Å². The number of hydrogen-bond donors (Lipinski definition) is 1. The average Bonchev–Trinajstić information content (AvgIpc) is 3.04. The van der Waals surface area contributed by atoms with Gasteiger partial charge in [-0.3, -0.25) is 9.59 Å². The van der Waals surface area contributed by atoms with Gasteiger partial charge in [-0.2, -0.15) is 0 Å². The molecule has 2 unspecified atom stereocenters. The first-order valence-electron chi connectivity index (χ1n) is 12.8. The molecule has 3 saturated carbocycles. The van der Waals surface area contributed by atoms with Crippen molar-refractivity contribution in [3.05, 3.63) is 46.5 Å². The second-order valence-electron chi connectivity index (χ2n) is 12.0. The van der Waals surface area contributed by atoms with Gasteiger partial charge in [-0.1, -0.05) is 24.6 Å². The van der Waals surface area contributed by atoms with Crippen molar-refractivity contribution in [2.45, 2.75) is 76.7 Å². The molecule has 0 bridgehead atoms. The molecule has 1 aromatic rings. The maximum Gasteiger partial charge on any atom is 0.159 e. The molecule has 33 heavy (non-hydrogen) atoms. The maximum absolute atomic E-state index is 12.4. The van der Waals surface area contributed by atoms with E-state index < -0.39 is 5.60 Å². The van der Waals surface area contributed by atoms with Crippen LogP contribution in [0.25, 0.3) is 0 Å². The standard InChI is InChI=1S/C29H36O4/c1-17(30)18-4-6-22-19(12-18)14-28-10-8-21(31)13-20(28)5-7-23-25-9-11-29(32,16-33-3)27(25,2)15-24(22)26(23)28/h4,6,12-13,23-26,32H,5,7-11,14-16H2,1-3H3/t23-,24?,25-,26?,27-,28+,29+/m0/s1. The van der Waals surface area contributed by atoms with Crippen LogP contribution in [-0.4, -0.2) is 36.0 Å². The number of rotatable bonds is 3. The highest BCUT2D eigenvalue weighted by Gasteiger charge is 2.68. The van der Waals surface area contributed by atoms with E-state index in [0.29, 0.717) is 36.7 Å². The van der Waals surface area contributed by atoms with E-state index in [9.17, 15) is 14.7 Å². The Hall–Kier alpha value is -1.78. The molecule has 0 amide bonds. The molecular formula is C29H36O4. The first kappa shape index (κ1) is 21.7. The lowest BCUT2D eigenvalue weighted by atomic mass is 9.39. The van der Waals surface area contributed by atoms with Gasteiger partial charge in [0.25, 0.3) is 0 Å². The third-order valence-corrected chi connectivity index (χ3v) is 10.8. The van der Waals surface area contributed by atoms with Crippen LogP contribution in [0, 0.1) is 28.6 Å². The molecule has 7 atom stereocenters. The monoisotopic (exact) mass is 448 g/mol. The van der Waals surface area contributed by atoms with Crippen molar-refractivity contribution in [2.75, 3.05) is 13.7 Å². The minimum absolute atomic E-state index is 0.0349. The van der Waals surface area contributed by atoms with Crippen molar-refractivity contribution >= 4 is 11.6 Å². The first-order valence-corrected chi connectivity index (χ1v) is 12.8. The number of aliphatic hydroxyl groups is 1. The van der Waals surface area contributed by atoms with Crippen LogP contribution in [-0.2, 0) is 16.0 Å². The minimum atomic E-state index is -0.792. The van der Waals surface area contributed by atoms with Gasteiger partial charge >= 0.3 is 0 Å². The van der Waals surface area contributed by atoms with E-state index in [1.807, 2.05) is 12.1 Å². The lowest BCUT2D eigenvalue weighted by Gasteiger charge is -2.65. The summed E-state index contributed by atoms with van der Waals surface area (Å²) in [7, 11) is 1.70. The number of methoxy groups -OCH3 is 1. The van der Waals surface area contributed by atoms with Gasteiger partial charge in [0.15, 0.2) is 11.6 Å². The smallest absolute Gasteiger partial charge is 0.159 e. The Kier molecular flexibility index (Phi) is 4.69. The van der Waals surface area contributed by atoms with Crippen LogP contribution in [0.2, 0.25) is 0 Å². The van der Waals surface area contributed by atoms with Crippen molar-refractivity contribution in [1.29, 1.82) is 0 Å². The fourth-order valence-electron chi connectivity index (χ4n) is 9.40. The summed E-state index contributed by atoms with van der Waals surface area (Å²) in [5.74, 6) is 2.31. The number of Topliss-reactive ketones (excluding diaryl/α,β-unsaturated/α-hetero) is 1. The highest BCUT2D eigenvalue weighted by Crippen LogP contribution is 2.73. The van der Waals surface area contributed by atoms with Gasteiger partial charge in [0, 0.05) is 24.5 Å². The highest BCUT2D eigenvalue weighted by molar-refractivity contribution is 5.94. The lowest BCUT2D eigenvalue weighted by molar-refractivity contribution is -0.161.